The molecule has 22 heavy (non-hydrogen) atoms. The van der Waals surface area contributed by atoms with Gasteiger partial charge in [-0.3, -0.25) is 4.84 Å². The first-order chi connectivity index (χ1) is 10.5. The Kier molecular flexibility index (Phi) is 3.68. The molecule has 0 radical (unpaired) electrons. The van der Waals surface area contributed by atoms with Gasteiger partial charge in [0, 0.05) is 6.08 Å². The molecule has 1 aromatic carbocycles. The maximum atomic E-state index is 12.5. The standard InChI is InChI=1S/C14H10F3N3O2/c15-14(16,17)10-3-1-9(2-4-10)12-5-13(20-22-12)21-11-6-18-8-19-7-11/h1-8,12,20H. The van der Waals surface area contributed by atoms with Crippen molar-refractivity contribution < 1.29 is 22.7 Å². The first-order valence-electron chi connectivity index (χ1n) is 6.26. The summed E-state index contributed by atoms with van der Waals surface area (Å²) < 4.78 is 43.0. The number of nitrogens with one attached hydrogen (secondary N) is 1. The summed E-state index contributed by atoms with van der Waals surface area (Å²) in [6.45, 7) is 0. The number of benzene rings is 1. The molecule has 0 aliphatic carbocycles. The summed E-state index contributed by atoms with van der Waals surface area (Å²) >= 11 is 0. The lowest BCUT2D eigenvalue weighted by atomic mass is 10.1. The average Bonchev–Trinajstić information content (AvgIpc) is 2.96. The van der Waals surface area contributed by atoms with E-state index in [9.17, 15) is 13.2 Å². The van der Waals surface area contributed by atoms with Crippen LogP contribution >= 0.6 is 0 Å². The molecule has 1 aliphatic heterocycles. The molecule has 1 N–H and O–H groups in total. The van der Waals surface area contributed by atoms with Crippen LogP contribution in [0.2, 0.25) is 0 Å². The molecule has 0 spiro atoms. The quantitative estimate of drug-likeness (QED) is 0.944. The van der Waals surface area contributed by atoms with E-state index in [1.54, 1.807) is 6.08 Å². The minimum Gasteiger partial charge on any atom is -0.436 e. The van der Waals surface area contributed by atoms with Gasteiger partial charge >= 0.3 is 6.18 Å². The number of aromatic nitrogens is 2. The summed E-state index contributed by atoms with van der Waals surface area (Å²) in [5.74, 6) is 0.734. The fourth-order valence-electron chi connectivity index (χ4n) is 1.87. The molecule has 0 bridgehead atoms. The van der Waals surface area contributed by atoms with Crippen molar-refractivity contribution in [1.82, 2.24) is 15.4 Å². The van der Waals surface area contributed by atoms with Crippen LogP contribution in [0, 0.1) is 0 Å². The molecule has 0 amide bonds. The number of hydroxylamine groups is 1. The number of hydrogen-bond donors (Lipinski definition) is 1. The zero-order valence-corrected chi connectivity index (χ0v) is 11.0. The zero-order valence-electron chi connectivity index (χ0n) is 11.0. The third-order valence-corrected chi connectivity index (χ3v) is 2.92. The molecule has 1 aromatic heterocycles. The van der Waals surface area contributed by atoms with Crippen LogP contribution in [0.3, 0.4) is 0 Å². The lowest BCUT2D eigenvalue weighted by Gasteiger charge is -2.10. The van der Waals surface area contributed by atoms with Crippen LogP contribution in [0.1, 0.15) is 17.2 Å². The number of hydrogen-bond acceptors (Lipinski definition) is 5. The van der Waals surface area contributed by atoms with E-state index in [4.69, 9.17) is 9.57 Å². The fraction of sp³-hybridized carbons (Fsp3) is 0.143. The molecule has 5 nitrogen and oxygen atoms in total. The van der Waals surface area contributed by atoms with Crippen LogP contribution in [0.5, 0.6) is 5.75 Å². The average molecular weight is 309 g/mol. The maximum Gasteiger partial charge on any atom is 0.416 e. The highest BCUT2D eigenvalue weighted by Crippen LogP contribution is 2.31. The molecule has 2 heterocycles. The third kappa shape index (κ3) is 3.17. The van der Waals surface area contributed by atoms with Gasteiger partial charge in [0.2, 0.25) is 5.88 Å². The predicted molar refractivity (Wildman–Crippen MR) is 69.1 cm³/mol. The summed E-state index contributed by atoms with van der Waals surface area (Å²) in [6, 6.07) is 4.74. The Morgan fingerprint density at radius 3 is 2.41 bits per heavy atom. The van der Waals surface area contributed by atoms with Crippen molar-refractivity contribution >= 4 is 0 Å². The van der Waals surface area contributed by atoms with E-state index in [1.165, 1.54) is 30.9 Å². The van der Waals surface area contributed by atoms with Gasteiger partial charge in [-0.1, -0.05) is 12.1 Å². The van der Waals surface area contributed by atoms with Crippen LogP contribution in [-0.2, 0) is 11.0 Å². The molecule has 1 unspecified atom stereocenters. The van der Waals surface area contributed by atoms with Crippen LogP contribution < -0.4 is 10.2 Å². The Bertz CT molecular complexity index is 672. The maximum absolute atomic E-state index is 12.5. The number of alkyl halides is 3. The van der Waals surface area contributed by atoms with Crippen LogP contribution in [0.25, 0.3) is 0 Å². The van der Waals surface area contributed by atoms with Gasteiger partial charge < -0.3 is 4.74 Å². The summed E-state index contributed by atoms with van der Waals surface area (Å²) in [5, 5.41) is 0. The minimum absolute atomic E-state index is 0.319. The Morgan fingerprint density at radius 1 is 1.09 bits per heavy atom. The number of nitrogens with zero attached hydrogens (tertiary/aromatic N) is 2. The third-order valence-electron chi connectivity index (χ3n) is 2.92. The van der Waals surface area contributed by atoms with Crippen LogP contribution in [0.15, 0.2) is 54.9 Å². The molecule has 8 heteroatoms. The molecule has 1 aliphatic rings. The molecule has 3 rings (SSSR count). The molecular weight excluding hydrogens is 299 g/mol. The zero-order chi connectivity index (χ0) is 15.6. The lowest BCUT2D eigenvalue weighted by Crippen LogP contribution is -2.12. The summed E-state index contributed by atoms with van der Waals surface area (Å²) in [7, 11) is 0. The van der Waals surface area contributed by atoms with Gasteiger partial charge in [0.25, 0.3) is 0 Å². The number of rotatable bonds is 3. The van der Waals surface area contributed by atoms with Gasteiger partial charge in [-0.15, -0.1) is 0 Å². The second-order valence-electron chi connectivity index (χ2n) is 4.47. The van der Waals surface area contributed by atoms with Crippen molar-refractivity contribution in [1.29, 1.82) is 0 Å². The van der Waals surface area contributed by atoms with Gasteiger partial charge in [-0.25, -0.2) is 15.4 Å². The van der Waals surface area contributed by atoms with Crippen molar-refractivity contribution in [3.63, 3.8) is 0 Å². The van der Waals surface area contributed by atoms with Gasteiger partial charge in [0.1, 0.15) is 12.4 Å². The normalized spacial score (nSPS) is 17.8. The smallest absolute Gasteiger partial charge is 0.416 e. The van der Waals surface area contributed by atoms with Crippen molar-refractivity contribution in [2.24, 2.45) is 0 Å². The van der Waals surface area contributed by atoms with Gasteiger partial charge in [0.15, 0.2) is 5.75 Å². The molecule has 1 atom stereocenters. The van der Waals surface area contributed by atoms with Gasteiger partial charge in [0.05, 0.1) is 18.0 Å². The highest BCUT2D eigenvalue weighted by atomic mass is 19.4. The monoisotopic (exact) mass is 309 g/mol. The van der Waals surface area contributed by atoms with E-state index in [0.29, 0.717) is 17.2 Å². The van der Waals surface area contributed by atoms with E-state index in [2.05, 4.69) is 15.4 Å². The Morgan fingerprint density at radius 2 is 1.77 bits per heavy atom. The summed E-state index contributed by atoms with van der Waals surface area (Å²) in [4.78, 5) is 12.9. The fourth-order valence-corrected chi connectivity index (χ4v) is 1.87. The molecule has 2 aromatic rings. The van der Waals surface area contributed by atoms with Crippen molar-refractivity contribution in [3.8, 4) is 5.75 Å². The van der Waals surface area contributed by atoms with E-state index in [-0.39, 0.29) is 0 Å². The molecule has 114 valence electrons. The Labute approximate surface area is 123 Å². The molecule has 0 saturated carbocycles. The van der Waals surface area contributed by atoms with E-state index >= 15 is 0 Å². The van der Waals surface area contributed by atoms with Crippen molar-refractivity contribution in [3.05, 3.63) is 66.1 Å². The Hall–Kier alpha value is -2.61. The second-order valence-corrected chi connectivity index (χ2v) is 4.47. The van der Waals surface area contributed by atoms with E-state index < -0.39 is 17.8 Å². The number of halogens is 3. The first-order valence-corrected chi connectivity index (χ1v) is 6.26. The van der Waals surface area contributed by atoms with Crippen LogP contribution in [0.4, 0.5) is 13.2 Å². The van der Waals surface area contributed by atoms with Crippen LogP contribution in [-0.4, -0.2) is 9.97 Å². The van der Waals surface area contributed by atoms with E-state index in [0.717, 1.165) is 12.1 Å². The van der Waals surface area contributed by atoms with Gasteiger partial charge in [-0.05, 0) is 17.7 Å². The largest absolute Gasteiger partial charge is 0.436 e. The number of ether oxygens (including phenoxy) is 1. The van der Waals surface area contributed by atoms with Crippen molar-refractivity contribution in [2.45, 2.75) is 12.3 Å². The SMILES string of the molecule is FC(F)(F)c1ccc(C2C=C(Oc3cncnc3)NO2)cc1. The van der Waals surface area contributed by atoms with Gasteiger partial charge in [-0.2, -0.15) is 13.2 Å². The second kappa shape index (κ2) is 5.64. The summed E-state index contributed by atoms with van der Waals surface area (Å²) in [5.41, 5.74) is 2.43. The topological polar surface area (TPSA) is 56.3 Å². The molecule has 0 saturated heterocycles. The van der Waals surface area contributed by atoms with E-state index in [1.807, 2.05) is 0 Å². The minimum atomic E-state index is -4.36. The highest BCUT2D eigenvalue weighted by molar-refractivity contribution is 5.29. The summed E-state index contributed by atoms with van der Waals surface area (Å²) in [6.07, 6.45) is 1.02. The molecule has 0 fully saturated rings. The highest BCUT2D eigenvalue weighted by Gasteiger charge is 2.30. The molecular formula is C14H10F3N3O2. The predicted octanol–water partition coefficient (Wildman–Crippen LogP) is 2.99. The lowest BCUT2D eigenvalue weighted by molar-refractivity contribution is -0.137. The first kappa shape index (κ1) is 14.3. The Balaban J connectivity index is 1.71. The van der Waals surface area contributed by atoms with Crippen molar-refractivity contribution in [2.75, 3.05) is 0 Å².